The fraction of sp³-hybridized carbons (Fsp3) is 0. The molecular formula is C12H13P. The summed E-state index contributed by atoms with van der Waals surface area (Å²) in [5, 5.41) is 3.02. The fourth-order valence-electron chi connectivity index (χ4n) is 1.43. The van der Waals surface area contributed by atoms with E-state index in [2.05, 4.69) is 60.7 Å². The molecule has 0 bridgehead atoms. The van der Waals surface area contributed by atoms with Gasteiger partial charge in [-0.3, -0.25) is 0 Å². The Morgan fingerprint density at radius 1 is 0.538 bits per heavy atom. The third-order valence-corrected chi connectivity index (χ3v) is 3.85. The van der Waals surface area contributed by atoms with Crippen LogP contribution in [0.4, 0.5) is 0 Å². The first-order chi connectivity index (χ1) is 6.45. The molecular weight excluding hydrogens is 175 g/mol. The average molecular weight is 188 g/mol. The van der Waals surface area contributed by atoms with Gasteiger partial charge in [0.25, 0.3) is 0 Å². The predicted molar refractivity (Wildman–Crippen MR) is 63.3 cm³/mol. The normalized spacial score (nSPS) is 10.2. The topological polar surface area (TPSA) is 0 Å². The first-order valence-corrected chi connectivity index (χ1v) is 5.94. The first kappa shape index (κ1) is 8.47. The van der Waals surface area contributed by atoms with Crippen LogP contribution >= 0.6 is 8.58 Å². The van der Waals surface area contributed by atoms with E-state index in [1.165, 1.54) is 10.6 Å². The van der Waals surface area contributed by atoms with E-state index in [-0.39, 0.29) is 8.58 Å². The van der Waals surface area contributed by atoms with Crippen molar-refractivity contribution in [3.8, 4) is 0 Å². The van der Waals surface area contributed by atoms with Crippen LogP contribution in [-0.2, 0) is 0 Å². The van der Waals surface area contributed by atoms with E-state index >= 15 is 0 Å². The van der Waals surface area contributed by atoms with E-state index in [0.29, 0.717) is 0 Å². The fourth-order valence-corrected chi connectivity index (χ4v) is 2.91. The average Bonchev–Trinajstić information content (AvgIpc) is 2.21. The molecule has 2 aromatic rings. The number of hydrogen-bond acceptors (Lipinski definition) is 0. The summed E-state index contributed by atoms with van der Waals surface area (Å²) in [6.45, 7) is 0. The molecule has 0 aliphatic rings. The number of benzene rings is 2. The third kappa shape index (κ3) is 2.40. The van der Waals surface area contributed by atoms with Crippen molar-refractivity contribution in [3.63, 3.8) is 0 Å². The van der Waals surface area contributed by atoms with Gasteiger partial charge in [-0.15, -0.1) is 0 Å². The quantitative estimate of drug-likeness (QED) is 0.630. The zero-order valence-electron chi connectivity index (χ0n) is 7.48. The molecule has 0 radical (unpaired) electrons. The maximum atomic E-state index is 2.22. The van der Waals surface area contributed by atoms with Crippen LogP contribution in [0.2, 0.25) is 0 Å². The first-order valence-electron chi connectivity index (χ1n) is 4.53. The molecule has 2 aromatic carbocycles. The Balaban J connectivity index is 2.16. The van der Waals surface area contributed by atoms with Gasteiger partial charge < -0.3 is 0 Å². The minimum atomic E-state index is -0.234. The Morgan fingerprint density at radius 2 is 0.923 bits per heavy atom. The monoisotopic (exact) mass is 188 g/mol. The standard InChI is InChI=1S/C12H13P/c1-3-7-11(8-4-1)13-12-9-5-2-6-10-12/h1-10H,13H3. The second-order valence-electron chi connectivity index (χ2n) is 3.15. The van der Waals surface area contributed by atoms with Crippen molar-refractivity contribution in [2.45, 2.75) is 0 Å². The predicted octanol–water partition coefficient (Wildman–Crippen LogP) is 1.78. The van der Waals surface area contributed by atoms with Crippen LogP contribution in [0.25, 0.3) is 0 Å². The summed E-state index contributed by atoms with van der Waals surface area (Å²) in [7, 11) is -0.234. The molecule has 0 saturated heterocycles. The van der Waals surface area contributed by atoms with Crippen molar-refractivity contribution in [1.29, 1.82) is 0 Å². The van der Waals surface area contributed by atoms with Crippen molar-refractivity contribution in [1.82, 2.24) is 0 Å². The Bertz CT molecular complexity index is 316. The Labute approximate surface area is 80.4 Å². The molecule has 0 heterocycles. The van der Waals surface area contributed by atoms with Gasteiger partial charge >= 0.3 is 79.9 Å². The second kappa shape index (κ2) is 4.20. The summed E-state index contributed by atoms with van der Waals surface area (Å²) in [6, 6.07) is 21.5. The molecule has 66 valence electrons. The molecule has 0 N–H and O–H groups in total. The number of hydrogen-bond donors (Lipinski definition) is 0. The summed E-state index contributed by atoms with van der Waals surface area (Å²) >= 11 is 0. The van der Waals surface area contributed by atoms with Crippen molar-refractivity contribution in [3.05, 3.63) is 60.7 Å². The van der Waals surface area contributed by atoms with E-state index in [4.69, 9.17) is 0 Å². The molecule has 1 heteroatoms. The van der Waals surface area contributed by atoms with Gasteiger partial charge in [0.05, 0.1) is 0 Å². The van der Waals surface area contributed by atoms with Gasteiger partial charge in [0.15, 0.2) is 0 Å². The maximum absolute atomic E-state index is 2.22. The van der Waals surface area contributed by atoms with Gasteiger partial charge in [0.2, 0.25) is 0 Å². The summed E-state index contributed by atoms with van der Waals surface area (Å²) in [5.74, 6) is 0. The van der Waals surface area contributed by atoms with Gasteiger partial charge in [-0.1, -0.05) is 0 Å². The molecule has 0 saturated carbocycles. The van der Waals surface area contributed by atoms with Crippen molar-refractivity contribution >= 4 is 19.2 Å². The molecule has 0 nitrogen and oxygen atoms in total. The van der Waals surface area contributed by atoms with Crippen molar-refractivity contribution < 1.29 is 0 Å². The van der Waals surface area contributed by atoms with Crippen molar-refractivity contribution in [2.75, 3.05) is 0 Å². The van der Waals surface area contributed by atoms with Gasteiger partial charge in [0, 0.05) is 0 Å². The SMILES string of the molecule is c1ccc([PH3]c2ccccc2)cc1. The molecule has 0 aromatic heterocycles. The molecule has 13 heavy (non-hydrogen) atoms. The van der Waals surface area contributed by atoms with Gasteiger partial charge in [-0.25, -0.2) is 0 Å². The van der Waals surface area contributed by atoms with Gasteiger partial charge in [0.1, 0.15) is 0 Å². The molecule has 0 aliphatic heterocycles. The van der Waals surface area contributed by atoms with E-state index in [9.17, 15) is 0 Å². The molecule has 0 aliphatic carbocycles. The van der Waals surface area contributed by atoms with Gasteiger partial charge in [-0.2, -0.15) is 0 Å². The molecule has 0 atom stereocenters. The Kier molecular flexibility index (Phi) is 2.74. The van der Waals surface area contributed by atoms with Crippen LogP contribution in [0, 0.1) is 0 Å². The van der Waals surface area contributed by atoms with E-state index in [1.54, 1.807) is 0 Å². The van der Waals surface area contributed by atoms with Crippen LogP contribution in [0.5, 0.6) is 0 Å². The summed E-state index contributed by atoms with van der Waals surface area (Å²) in [5.41, 5.74) is 0. The molecule has 2 rings (SSSR count). The summed E-state index contributed by atoms with van der Waals surface area (Å²) in [4.78, 5) is 0. The molecule has 0 amide bonds. The Hall–Kier alpha value is -1.13. The summed E-state index contributed by atoms with van der Waals surface area (Å²) < 4.78 is 0. The van der Waals surface area contributed by atoms with E-state index in [0.717, 1.165) is 0 Å². The zero-order chi connectivity index (χ0) is 8.93. The van der Waals surface area contributed by atoms with Crippen LogP contribution in [0.3, 0.4) is 0 Å². The summed E-state index contributed by atoms with van der Waals surface area (Å²) in [6.07, 6.45) is 0. The van der Waals surface area contributed by atoms with Crippen LogP contribution < -0.4 is 10.6 Å². The van der Waals surface area contributed by atoms with Crippen LogP contribution in [-0.4, -0.2) is 0 Å². The van der Waals surface area contributed by atoms with Crippen molar-refractivity contribution in [2.24, 2.45) is 0 Å². The molecule has 0 spiro atoms. The molecule has 0 unspecified atom stereocenters. The van der Waals surface area contributed by atoms with E-state index < -0.39 is 0 Å². The van der Waals surface area contributed by atoms with E-state index in [1.807, 2.05) is 0 Å². The van der Waals surface area contributed by atoms with Gasteiger partial charge in [-0.05, 0) is 0 Å². The van der Waals surface area contributed by atoms with Crippen LogP contribution in [0.15, 0.2) is 60.7 Å². The second-order valence-corrected chi connectivity index (χ2v) is 5.13. The molecule has 0 fully saturated rings. The number of rotatable bonds is 2. The Morgan fingerprint density at radius 3 is 1.31 bits per heavy atom. The minimum absolute atomic E-state index is 0.234. The zero-order valence-corrected chi connectivity index (χ0v) is 8.89. The third-order valence-electron chi connectivity index (χ3n) is 2.09. The van der Waals surface area contributed by atoms with Crippen LogP contribution in [0.1, 0.15) is 0 Å².